The van der Waals surface area contributed by atoms with Crippen molar-refractivity contribution in [3.05, 3.63) is 28.2 Å². The van der Waals surface area contributed by atoms with Crippen LogP contribution in [0.2, 0.25) is 0 Å². The van der Waals surface area contributed by atoms with Crippen molar-refractivity contribution < 1.29 is 4.39 Å². The Kier molecular flexibility index (Phi) is 4.26. The molecule has 1 heterocycles. The van der Waals surface area contributed by atoms with Gasteiger partial charge >= 0.3 is 0 Å². The minimum absolute atomic E-state index is 0.203. The van der Waals surface area contributed by atoms with Crippen molar-refractivity contribution in [1.29, 1.82) is 0 Å². The molecule has 0 radical (unpaired) electrons. The zero-order valence-corrected chi connectivity index (χ0v) is 14.5. The molecule has 6 heteroatoms. The molecule has 2 aromatic rings. The van der Waals surface area contributed by atoms with E-state index >= 15 is 0 Å². The fourth-order valence-corrected chi connectivity index (χ4v) is 3.13. The molecular formula is C15H18BrClFN3. The molecule has 0 aliphatic heterocycles. The molecule has 0 saturated heterocycles. The molecule has 21 heavy (non-hydrogen) atoms. The minimum atomic E-state index is -0.270. The smallest absolute Gasteiger partial charge is 0.139 e. The monoisotopic (exact) mass is 373 g/mol. The molecule has 3 nitrogen and oxygen atoms in total. The predicted molar refractivity (Wildman–Crippen MR) is 87.3 cm³/mol. The first-order valence-electron chi connectivity index (χ1n) is 7.17. The number of imidazole rings is 1. The van der Waals surface area contributed by atoms with Crippen molar-refractivity contribution in [2.24, 2.45) is 0 Å². The lowest BCUT2D eigenvalue weighted by Crippen LogP contribution is -2.25. The summed E-state index contributed by atoms with van der Waals surface area (Å²) in [6.07, 6.45) is 2.56. The Morgan fingerprint density at radius 3 is 2.86 bits per heavy atom. The van der Waals surface area contributed by atoms with Gasteiger partial charge in [-0.25, -0.2) is 9.37 Å². The molecule has 1 aliphatic carbocycles. The topological polar surface area (TPSA) is 21.1 Å². The van der Waals surface area contributed by atoms with E-state index in [1.807, 2.05) is 11.5 Å². The van der Waals surface area contributed by atoms with Crippen LogP contribution in [-0.4, -0.2) is 34.1 Å². The first-order chi connectivity index (χ1) is 9.97. The summed E-state index contributed by atoms with van der Waals surface area (Å²) in [7, 11) is 2.14. The summed E-state index contributed by atoms with van der Waals surface area (Å²) in [6.45, 7) is 3.59. The molecule has 1 saturated carbocycles. The van der Waals surface area contributed by atoms with Crippen LogP contribution in [0, 0.1) is 5.82 Å². The number of rotatable bonds is 5. The second-order valence-electron chi connectivity index (χ2n) is 5.70. The van der Waals surface area contributed by atoms with E-state index in [4.69, 9.17) is 11.6 Å². The van der Waals surface area contributed by atoms with E-state index in [2.05, 4.69) is 32.9 Å². The summed E-state index contributed by atoms with van der Waals surface area (Å²) >= 11 is 9.46. The number of hydrogen-bond acceptors (Lipinski definition) is 2. The molecular weight excluding hydrogens is 357 g/mol. The number of aromatic nitrogens is 2. The van der Waals surface area contributed by atoms with Gasteiger partial charge in [-0.05, 0) is 48.8 Å². The Morgan fingerprint density at radius 2 is 2.24 bits per heavy atom. The van der Waals surface area contributed by atoms with Crippen LogP contribution in [0.5, 0.6) is 0 Å². The van der Waals surface area contributed by atoms with Crippen LogP contribution in [0.15, 0.2) is 16.6 Å². The molecule has 1 atom stereocenters. The molecule has 0 spiro atoms. The summed E-state index contributed by atoms with van der Waals surface area (Å²) in [4.78, 5) is 6.92. The Bertz CT molecular complexity index is 666. The van der Waals surface area contributed by atoms with Gasteiger partial charge in [0, 0.05) is 25.2 Å². The number of halogens is 3. The van der Waals surface area contributed by atoms with Crippen molar-refractivity contribution in [3.8, 4) is 0 Å². The predicted octanol–water partition coefficient (Wildman–Crippen LogP) is 4.33. The molecule has 0 N–H and O–H groups in total. The zero-order chi connectivity index (χ0) is 15.1. The van der Waals surface area contributed by atoms with Crippen molar-refractivity contribution in [1.82, 2.24) is 14.5 Å². The second kappa shape index (κ2) is 5.86. The van der Waals surface area contributed by atoms with Crippen LogP contribution in [-0.2, 0) is 6.54 Å². The third kappa shape index (κ3) is 3.10. The lowest BCUT2D eigenvalue weighted by Gasteiger charge is -2.18. The largest absolute Gasteiger partial charge is 0.325 e. The minimum Gasteiger partial charge on any atom is -0.325 e. The molecule has 0 bridgehead atoms. The standard InChI is InChI=1S/C15H18BrClFN3/c1-9(17)15-19-13-7-11(16)12(18)8-14(13)21(15)6-5-20(2)10-3-4-10/h7-10H,3-6H2,1-2H3. The summed E-state index contributed by atoms with van der Waals surface area (Å²) in [6, 6.07) is 3.96. The van der Waals surface area contributed by atoms with E-state index in [-0.39, 0.29) is 11.2 Å². The quantitative estimate of drug-likeness (QED) is 0.726. The highest BCUT2D eigenvalue weighted by Crippen LogP contribution is 2.29. The third-order valence-electron chi connectivity index (χ3n) is 4.02. The number of alkyl halides is 1. The van der Waals surface area contributed by atoms with Crippen molar-refractivity contribution in [2.45, 2.75) is 37.7 Å². The maximum atomic E-state index is 13.8. The molecule has 1 unspecified atom stereocenters. The summed E-state index contributed by atoms with van der Waals surface area (Å²) in [5.74, 6) is 0.529. The molecule has 1 fully saturated rings. The highest BCUT2D eigenvalue weighted by Gasteiger charge is 2.26. The van der Waals surface area contributed by atoms with Gasteiger partial charge in [-0.1, -0.05) is 0 Å². The van der Waals surface area contributed by atoms with Gasteiger partial charge in [0.15, 0.2) is 0 Å². The van der Waals surface area contributed by atoms with Gasteiger partial charge in [0.1, 0.15) is 11.6 Å². The van der Waals surface area contributed by atoms with Gasteiger partial charge in [-0.15, -0.1) is 11.6 Å². The maximum Gasteiger partial charge on any atom is 0.139 e. The highest BCUT2D eigenvalue weighted by atomic mass is 79.9. The number of likely N-dealkylation sites (N-methyl/N-ethyl adjacent to an activating group) is 1. The van der Waals surface area contributed by atoms with Crippen LogP contribution < -0.4 is 0 Å². The molecule has 0 amide bonds. The Labute approximate surface area is 137 Å². The second-order valence-corrected chi connectivity index (χ2v) is 7.21. The molecule has 1 aromatic carbocycles. The van der Waals surface area contributed by atoms with E-state index in [9.17, 15) is 4.39 Å². The molecule has 1 aliphatic rings. The summed E-state index contributed by atoms with van der Waals surface area (Å²) in [5.41, 5.74) is 1.59. The van der Waals surface area contributed by atoms with Gasteiger partial charge in [-0.3, -0.25) is 0 Å². The van der Waals surface area contributed by atoms with Crippen LogP contribution in [0.1, 0.15) is 31.0 Å². The number of nitrogens with zero attached hydrogens (tertiary/aromatic N) is 3. The fraction of sp³-hybridized carbons (Fsp3) is 0.533. The Hall–Kier alpha value is -0.650. The van der Waals surface area contributed by atoms with E-state index < -0.39 is 0 Å². The van der Waals surface area contributed by atoms with Crippen molar-refractivity contribution in [2.75, 3.05) is 13.6 Å². The Morgan fingerprint density at radius 1 is 1.52 bits per heavy atom. The van der Waals surface area contributed by atoms with E-state index in [0.29, 0.717) is 10.5 Å². The average Bonchev–Trinajstić information content (AvgIpc) is 3.21. The van der Waals surface area contributed by atoms with E-state index in [1.165, 1.54) is 18.9 Å². The SMILES string of the molecule is CC(Cl)c1nc2cc(Br)c(F)cc2n1CCN(C)C1CC1. The van der Waals surface area contributed by atoms with E-state index in [1.54, 1.807) is 6.07 Å². The average molecular weight is 375 g/mol. The van der Waals surface area contributed by atoms with Crippen LogP contribution >= 0.6 is 27.5 Å². The number of benzene rings is 1. The first kappa shape index (κ1) is 15.3. The lowest BCUT2D eigenvalue weighted by atomic mass is 10.3. The zero-order valence-electron chi connectivity index (χ0n) is 12.1. The van der Waals surface area contributed by atoms with Crippen LogP contribution in [0.25, 0.3) is 11.0 Å². The normalized spacial score (nSPS) is 16.9. The molecule has 3 rings (SSSR count). The number of hydrogen-bond donors (Lipinski definition) is 0. The number of fused-ring (bicyclic) bond motifs is 1. The van der Waals surface area contributed by atoms with Gasteiger partial charge in [0.2, 0.25) is 0 Å². The van der Waals surface area contributed by atoms with Crippen molar-refractivity contribution in [3.63, 3.8) is 0 Å². The Balaban J connectivity index is 1.96. The summed E-state index contributed by atoms with van der Waals surface area (Å²) < 4.78 is 16.3. The summed E-state index contributed by atoms with van der Waals surface area (Å²) in [5, 5.41) is -0.203. The van der Waals surface area contributed by atoms with Gasteiger partial charge in [-0.2, -0.15) is 0 Å². The first-order valence-corrected chi connectivity index (χ1v) is 8.40. The highest BCUT2D eigenvalue weighted by molar-refractivity contribution is 9.10. The van der Waals surface area contributed by atoms with E-state index in [0.717, 1.165) is 29.9 Å². The molecule has 114 valence electrons. The van der Waals surface area contributed by atoms with Gasteiger partial charge in [0.25, 0.3) is 0 Å². The molecule has 1 aromatic heterocycles. The van der Waals surface area contributed by atoms with Crippen molar-refractivity contribution >= 4 is 38.6 Å². The maximum absolute atomic E-state index is 13.8. The third-order valence-corrected chi connectivity index (χ3v) is 4.83. The fourth-order valence-electron chi connectivity index (χ4n) is 2.63. The lowest BCUT2D eigenvalue weighted by molar-refractivity contribution is 0.309. The van der Waals surface area contributed by atoms with Crippen LogP contribution in [0.4, 0.5) is 4.39 Å². The van der Waals surface area contributed by atoms with Crippen LogP contribution in [0.3, 0.4) is 0 Å². The van der Waals surface area contributed by atoms with Gasteiger partial charge < -0.3 is 9.47 Å². The van der Waals surface area contributed by atoms with Gasteiger partial charge in [0.05, 0.1) is 20.9 Å².